The Labute approximate surface area is 161 Å². The molecule has 1 N–H and O–H groups in total. The maximum atomic E-state index is 12.6. The summed E-state index contributed by atoms with van der Waals surface area (Å²) < 4.78 is 26.3. The van der Waals surface area contributed by atoms with E-state index in [1.54, 1.807) is 36.4 Å². The number of nitrogens with one attached hydrogen (secondary N) is 1. The molecule has 0 bridgehead atoms. The van der Waals surface area contributed by atoms with Crippen LogP contribution in [0.4, 0.5) is 11.4 Å². The summed E-state index contributed by atoms with van der Waals surface area (Å²) in [6.45, 7) is 3.35. The minimum absolute atomic E-state index is 0.341. The molecule has 1 atom stereocenters. The number of nitrogens with zero attached hydrogens (tertiary/aromatic N) is 1. The molecule has 2 rings (SSSR count). The second-order valence-corrected chi connectivity index (χ2v) is 8.76. The number of amides is 1. The SMILES string of the molecule is Cc1ccc(N([C@H](C)C(=O)Nc2ccccc2Br)S(C)(=O)=O)cc1Cl. The van der Waals surface area contributed by atoms with Gasteiger partial charge in [-0.2, -0.15) is 0 Å². The van der Waals surface area contributed by atoms with E-state index in [1.165, 1.54) is 6.92 Å². The van der Waals surface area contributed by atoms with Crippen LogP contribution < -0.4 is 9.62 Å². The van der Waals surface area contributed by atoms with Gasteiger partial charge in [0.15, 0.2) is 0 Å². The van der Waals surface area contributed by atoms with Crippen LogP contribution in [0.15, 0.2) is 46.9 Å². The largest absolute Gasteiger partial charge is 0.323 e. The molecule has 0 aliphatic carbocycles. The number of carbonyl (C=O) groups excluding carboxylic acids is 1. The van der Waals surface area contributed by atoms with Crippen LogP contribution in [0.1, 0.15) is 12.5 Å². The molecule has 134 valence electrons. The first-order valence-electron chi connectivity index (χ1n) is 7.42. The van der Waals surface area contributed by atoms with E-state index in [9.17, 15) is 13.2 Å². The van der Waals surface area contributed by atoms with Gasteiger partial charge in [0, 0.05) is 9.50 Å². The number of sulfonamides is 1. The average molecular weight is 446 g/mol. The Morgan fingerprint density at radius 2 is 1.88 bits per heavy atom. The molecule has 1 amide bonds. The highest BCUT2D eigenvalue weighted by molar-refractivity contribution is 9.10. The normalized spacial score (nSPS) is 12.5. The third-order valence-corrected chi connectivity index (χ3v) is 5.97. The van der Waals surface area contributed by atoms with E-state index in [-0.39, 0.29) is 0 Å². The van der Waals surface area contributed by atoms with Crippen molar-refractivity contribution in [1.82, 2.24) is 0 Å². The summed E-state index contributed by atoms with van der Waals surface area (Å²) in [6.07, 6.45) is 1.06. The molecule has 2 aromatic carbocycles. The highest BCUT2D eigenvalue weighted by Gasteiger charge is 2.29. The average Bonchev–Trinajstić information content (AvgIpc) is 2.51. The molecule has 0 fully saturated rings. The van der Waals surface area contributed by atoms with Crippen molar-refractivity contribution in [2.24, 2.45) is 0 Å². The monoisotopic (exact) mass is 444 g/mol. The van der Waals surface area contributed by atoms with E-state index >= 15 is 0 Å². The number of carbonyl (C=O) groups is 1. The summed E-state index contributed by atoms with van der Waals surface area (Å²) in [6, 6.07) is 11.0. The molecular weight excluding hydrogens is 428 g/mol. The molecule has 0 spiro atoms. The van der Waals surface area contributed by atoms with Gasteiger partial charge >= 0.3 is 0 Å². The molecular formula is C17H18BrClN2O3S. The summed E-state index contributed by atoms with van der Waals surface area (Å²) >= 11 is 9.46. The minimum atomic E-state index is -3.69. The quantitative estimate of drug-likeness (QED) is 0.750. The zero-order chi connectivity index (χ0) is 18.8. The van der Waals surface area contributed by atoms with Crippen LogP contribution in [0.2, 0.25) is 5.02 Å². The zero-order valence-corrected chi connectivity index (χ0v) is 17.1. The smallest absolute Gasteiger partial charge is 0.248 e. The fourth-order valence-electron chi connectivity index (χ4n) is 2.33. The summed E-state index contributed by atoms with van der Waals surface area (Å²) in [5.41, 5.74) is 1.73. The number of halogens is 2. The van der Waals surface area contributed by atoms with Crippen molar-refractivity contribution in [2.75, 3.05) is 15.9 Å². The third kappa shape index (κ3) is 4.74. The van der Waals surface area contributed by atoms with E-state index < -0.39 is 22.0 Å². The summed E-state index contributed by atoms with van der Waals surface area (Å²) in [5.74, 6) is -0.450. The predicted octanol–water partition coefficient (Wildman–Crippen LogP) is 4.20. The van der Waals surface area contributed by atoms with Crippen molar-refractivity contribution in [2.45, 2.75) is 19.9 Å². The van der Waals surface area contributed by atoms with Crippen LogP contribution in [0.25, 0.3) is 0 Å². The first kappa shape index (κ1) is 19.8. The molecule has 0 saturated heterocycles. The Morgan fingerprint density at radius 3 is 2.44 bits per heavy atom. The topological polar surface area (TPSA) is 66.5 Å². The number of rotatable bonds is 5. The molecule has 2 aromatic rings. The summed E-state index contributed by atoms with van der Waals surface area (Å²) in [7, 11) is -3.69. The van der Waals surface area contributed by atoms with Crippen molar-refractivity contribution < 1.29 is 13.2 Å². The summed E-state index contributed by atoms with van der Waals surface area (Å²) in [5, 5.41) is 3.17. The van der Waals surface area contributed by atoms with E-state index in [4.69, 9.17) is 11.6 Å². The molecule has 0 unspecified atom stereocenters. The molecule has 25 heavy (non-hydrogen) atoms. The number of aryl methyl sites for hydroxylation is 1. The lowest BCUT2D eigenvalue weighted by Gasteiger charge is -2.28. The Bertz CT molecular complexity index is 903. The van der Waals surface area contributed by atoms with E-state index in [1.807, 2.05) is 13.0 Å². The fourth-order valence-corrected chi connectivity index (χ4v) is 4.05. The number of hydrogen-bond donors (Lipinski definition) is 1. The zero-order valence-electron chi connectivity index (χ0n) is 14.0. The molecule has 0 saturated carbocycles. The number of anilines is 2. The first-order chi connectivity index (χ1) is 11.6. The predicted molar refractivity (Wildman–Crippen MR) is 106 cm³/mol. The fraction of sp³-hybridized carbons (Fsp3) is 0.235. The Morgan fingerprint density at radius 1 is 1.24 bits per heavy atom. The molecule has 8 heteroatoms. The van der Waals surface area contributed by atoms with Crippen molar-refractivity contribution >= 4 is 54.8 Å². The molecule has 0 radical (unpaired) electrons. The Hall–Kier alpha value is -1.57. The highest BCUT2D eigenvalue weighted by Crippen LogP contribution is 2.28. The van der Waals surface area contributed by atoms with Gasteiger partial charge in [-0.05, 0) is 59.6 Å². The molecule has 5 nitrogen and oxygen atoms in total. The molecule has 0 aromatic heterocycles. The minimum Gasteiger partial charge on any atom is -0.323 e. The lowest BCUT2D eigenvalue weighted by atomic mass is 10.2. The van der Waals surface area contributed by atoms with Crippen LogP contribution in [0, 0.1) is 6.92 Å². The third-order valence-electron chi connectivity index (χ3n) is 3.63. The van der Waals surface area contributed by atoms with Crippen molar-refractivity contribution in [1.29, 1.82) is 0 Å². The van der Waals surface area contributed by atoms with Crippen molar-refractivity contribution in [3.05, 3.63) is 57.5 Å². The first-order valence-corrected chi connectivity index (χ1v) is 10.4. The van der Waals surface area contributed by atoms with Crippen molar-refractivity contribution in [3.63, 3.8) is 0 Å². The molecule has 0 heterocycles. The van der Waals surface area contributed by atoms with E-state index in [0.29, 0.717) is 20.9 Å². The maximum absolute atomic E-state index is 12.6. The van der Waals surface area contributed by atoms with Gasteiger partial charge < -0.3 is 5.32 Å². The van der Waals surface area contributed by atoms with Gasteiger partial charge in [-0.25, -0.2) is 8.42 Å². The van der Waals surface area contributed by atoms with Gasteiger partial charge in [-0.15, -0.1) is 0 Å². The van der Waals surface area contributed by atoms with Gasteiger partial charge in [0.2, 0.25) is 15.9 Å². The standard InChI is InChI=1S/C17H18BrClN2O3S/c1-11-8-9-13(10-15(11)19)21(25(3,23)24)12(2)17(22)20-16-7-5-4-6-14(16)18/h4-10,12H,1-3H3,(H,20,22)/t12-/m1/s1. The van der Waals surface area contributed by atoms with Crippen LogP contribution in [-0.2, 0) is 14.8 Å². The van der Waals surface area contributed by atoms with Crippen LogP contribution >= 0.6 is 27.5 Å². The van der Waals surface area contributed by atoms with Gasteiger partial charge in [0.05, 0.1) is 17.6 Å². The van der Waals surface area contributed by atoms with Gasteiger partial charge in [-0.1, -0.05) is 29.8 Å². The summed E-state index contributed by atoms with van der Waals surface area (Å²) in [4.78, 5) is 12.6. The van der Waals surface area contributed by atoms with E-state index in [2.05, 4.69) is 21.2 Å². The maximum Gasteiger partial charge on any atom is 0.248 e. The molecule has 0 aliphatic heterocycles. The number of para-hydroxylation sites is 1. The Balaban J connectivity index is 2.36. The second kappa shape index (κ2) is 7.76. The number of benzene rings is 2. The highest BCUT2D eigenvalue weighted by atomic mass is 79.9. The van der Waals surface area contributed by atoms with Crippen LogP contribution in [-0.4, -0.2) is 26.6 Å². The van der Waals surface area contributed by atoms with Crippen molar-refractivity contribution in [3.8, 4) is 0 Å². The Kier molecular flexibility index (Phi) is 6.13. The lowest BCUT2D eigenvalue weighted by molar-refractivity contribution is -0.116. The van der Waals surface area contributed by atoms with E-state index in [0.717, 1.165) is 16.1 Å². The van der Waals surface area contributed by atoms with Gasteiger partial charge in [-0.3, -0.25) is 9.10 Å². The second-order valence-electron chi connectivity index (χ2n) is 5.64. The van der Waals surface area contributed by atoms with Gasteiger partial charge in [0.25, 0.3) is 0 Å². The molecule has 0 aliphatic rings. The van der Waals surface area contributed by atoms with Crippen LogP contribution in [0.5, 0.6) is 0 Å². The lowest BCUT2D eigenvalue weighted by Crippen LogP contribution is -2.45. The van der Waals surface area contributed by atoms with Crippen LogP contribution in [0.3, 0.4) is 0 Å². The number of hydrogen-bond acceptors (Lipinski definition) is 3. The van der Waals surface area contributed by atoms with Gasteiger partial charge in [0.1, 0.15) is 6.04 Å².